The van der Waals surface area contributed by atoms with Crippen molar-refractivity contribution < 1.29 is 38.8 Å². The highest BCUT2D eigenvalue weighted by atomic mass is 16.5. The highest BCUT2D eigenvalue weighted by molar-refractivity contribution is 6.05. The second-order valence-corrected chi connectivity index (χ2v) is 11.7. The van der Waals surface area contributed by atoms with Gasteiger partial charge in [0.1, 0.15) is 12.4 Å². The highest BCUT2D eigenvalue weighted by Crippen LogP contribution is 2.23. The number of esters is 1. The van der Waals surface area contributed by atoms with Crippen LogP contribution >= 0.6 is 0 Å². The number of pyridine rings is 1. The Labute approximate surface area is 297 Å². The summed E-state index contributed by atoms with van der Waals surface area (Å²) in [6.45, 7) is 4.26. The van der Waals surface area contributed by atoms with Crippen LogP contribution in [0.1, 0.15) is 59.3 Å². The second-order valence-electron chi connectivity index (χ2n) is 11.7. The summed E-state index contributed by atoms with van der Waals surface area (Å²) in [7, 11) is 0. The van der Waals surface area contributed by atoms with Gasteiger partial charge in [-0.25, -0.2) is 4.79 Å². The molecule has 13 nitrogen and oxygen atoms in total. The molecule has 0 aliphatic heterocycles. The standard InChI is InChI=1S/C38H45N5O8/c1-27(44)51-26-31-21-29(13-14-35(31)45)36(46)24-40-15-3-2-4-17-49-18-19-50-25-28-8-5-10-32(20-28)42-38(48)43-34-12-6-11-33(22-34)41-37(47)30-9-7-16-39-23-30/h5-14,16,20-23,36,40,45-46H,2-4,15,17-19,24-26H2,1H3,(H,41,47)(H2,42,43,48)/t36-/m0/s1. The number of aromatic nitrogens is 1. The fraction of sp³-hybridized carbons (Fsp3) is 0.316. The first-order valence-electron chi connectivity index (χ1n) is 16.7. The number of aromatic hydroxyl groups is 1. The Bertz CT molecular complexity index is 1700. The Morgan fingerprint density at radius 3 is 2.29 bits per heavy atom. The van der Waals surface area contributed by atoms with Gasteiger partial charge in [-0.05, 0) is 91.5 Å². The zero-order chi connectivity index (χ0) is 36.3. The Balaban J connectivity index is 1.03. The largest absolute Gasteiger partial charge is 0.508 e. The van der Waals surface area contributed by atoms with Crippen LogP contribution in [0.4, 0.5) is 21.9 Å². The van der Waals surface area contributed by atoms with Crippen molar-refractivity contribution in [1.82, 2.24) is 10.3 Å². The van der Waals surface area contributed by atoms with E-state index in [4.69, 9.17) is 14.2 Å². The molecule has 6 N–H and O–H groups in total. The highest BCUT2D eigenvalue weighted by Gasteiger charge is 2.12. The molecule has 0 spiro atoms. The van der Waals surface area contributed by atoms with Crippen molar-refractivity contribution in [1.29, 1.82) is 0 Å². The number of phenols is 1. The number of ether oxygens (including phenoxy) is 3. The minimum absolute atomic E-state index is 0.0168. The molecule has 3 amide bonds. The lowest BCUT2D eigenvalue weighted by Crippen LogP contribution is -2.22. The maximum absolute atomic E-state index is 12.6. The number of hydrogen-bond donors (Lipinski definition) is 6. The van der Waals surface area contributed by atoms with E-state index < -0.39 is 18.1 Å². The van der Waals surface area contributed by atoms with E-state index in [0.717, 1.165) is 31.4 Å². The summed E-state index contributed by atoms with van der Waals surface area (Å²) < 4.78 is 16.4. The molecule has 0 saturated carbocycles. The molecule has 0 unspecified atom stereocenters. The van der Waals surface area contributed by atoms with Crippen LogP contribution in [0, 0.1) is 0 Å². The number of unbranched alkanes of at least 4 members (excludes halogenated alkanes) is 2. The molecule has 13 heteroatoms. The van der Waals surface area contributed by atoms with E-state index in [-0.39, 0.29) is 18.3 Å². The molecule has 0 fully saturated rings. The Morgan fingerprint density at radius 2 is 1.53 bits per heavy atom. The third-order valence-corrected chi connectivity index (χ3v) is 7.53. The van der Waals surface area contributed by atoms with Crippen LogP contribution in [0.15, 0.2) is 91.3 Å². The van der Waals surface area contributed by atoms with Crippen LogP contribution in [-0.4, -0.2) is 66.0 Å². The van der Waals surface area contributed by atoms with E-state index in [2.05, 4.69) is 26.3 Å². The number of amides is 3. The van der Waals surface area contributed by atoms with Crippen molar-refractivity contribution in [3.05, 3.63) is 114 Å². The van der Waals surface area contributed by atoms with Gasteiger partial charge < -0.3 is 45.7 Å². The number of rotatable bonds is 20. The fourth-order valence-electron chi connectivity index (χ4n) is 4.91. The number of hydrogen-bond acceptors (Lipinski definition) is 10. The van der Waals surface area contributed by atoms with Gasteiger partial charge in [-0.3, -0.25) is 14.6 Å². The quantitative estimate of drug-likeness (QED) is 0.0490. The summed E-state index contributed by atoms with van der Waals surface area (Å²) in [5.41, 5.74) is 4.08. The minimum Gasteiger partial charge on any atom is -0.508 e. The SMILES string of the molecule is CC(=O)OCc1cc([C@@H](O)CNCCCCCOCCOCc2cccc(NC(=O)Nc3cccc(NC(=O)c4cccnc4)c3)c2)ccc1O. The number of urea groups is 1. The summed E-state index contributed by atoms with van der Waals surface area (Å²) in [6, 6.07) is 21.9. The zero-order valence-corrected chi connectivity index (χ0v) is 28.6. The normalized spacial score (nSPS) is 11.4. The van der Waals surface area contributed by atoms with Crippen molar-refractivity contribution in [2.24, 2.45) is 0 Å². The van der Waals surface area contributed by atoms with Gasteiger partial charge in [-0.15, -0.1) is 0 Å². The van der Waals surface area contributed by atoms with Gasteiger partial charge in [0, 0.05) is 55.1 Å². The lowest BCUT2D eigenvalue weighted by molar-refractivity contribution is -0.142. The molecular weight excluding hydrogens is 654 g/mol. The molecule has 0 aliphatic carbocycles. The molecule has 4 aromatic rings. The van der Waals surface area contributed by atoms with Crippen molar-refractivity contribution in [3.63, 3.8) is 0 Å². The number of anilines is 3. The fourth-order valence-corrected chi connectivity index (χ4v) is 4.91. The third-order valence-electron chi connectivity index (χ3n) is 7.53. The predicted molar refractivity (Wildman–Crippen MR) is 193 cm³/mol. The van der Waals surface area contributed by atoms with Crippen LogP contribution < -0.4 is 21.3 Å². The van der Waals surface area contributed by atoms with E-state index in [1.165, 1.54) is 19.2 Å². The smallest absolute Gasteiger partial charge is 0.323 e. The van der Waals surface area contributed by atoms with E-state index in [1.54, 1.807) is 60.8 Å². The molecular formula is C38H45N5O8. The number of benzene rings is 3. The summed E-state index contributed by atoms with van der Waals surface area (Å²) in [5, 5.41) is 32.0. The first-order valence-corrected chi connectivity index (χ1v) is 16.7. The van der Waals surface area contributed by atoms with Gasteiger partial charge >= 0.3 is 12.0 Å². The van der Waals surface area contributed by atoms with Crippen LogP contribution in [0.3, 0.4) is 0 Å². The minimum atomic E-state index is -0.751. The lowest BCUT2D eigenvalue weighted by Gasteiger charge is -2.14. The molecule has 1 heterocycles. The summed E-state index contributed by atoms with van der Waals surface area (Å²) in [4.78, 5) is 40.1. The van der Waals surface area contributed by atoms with E-state index in [9.17, 15) is 24.6 Å². The average Bonchev–Trinajstić information content (AvgIpc) is 3.12. The number of aliphatic hydroxyl groups is 1. The van der Waals surface area contributed by atoms with E-state index in [1.807, 2.05) is 18.2 Å². The monoisotopic (exact) mass is 699 g/mol. The Kier molecular flexibility index (Phi) is 15.8. The predicted octanol–water partition coefficient (Wildman–Crippen LogP) is 5.77. The average molecular weight is 700 g/mol. The molecule has 1 aromatic heterocycles. The third kappa shape index (κ3) is 14.2. The molecule has 4 rings (SSSR count). The Morgan fingerprint density at radius 1 is 0.784 bits per heavy atom. The number of phenolic OH excluding ortho intramolecular Hbond substituents is 1. The van der Waals surface area contributed by atoms with Gasteiger partial charge in [0.05, 0.1) is 31.5 Å². The first-order chi connectivity index (χ1) is 24.8. The molecule has 270 valence electrons. The van der Waals surface area contributed by atoms with Crippen LogP contribution in [-0.2, 0) is 32.2 Å². The molecule has 0 saturated heterocycles. The first kappa shape index (κ1) is 38.5. The van der Waals surface area contributed by atoms with Gasteiger partial charge in [0.25, 0.3) is 5.91 Å². The number of carbonyl (C=O) groups is 3. The Hall–Kier alpha value is -5.34. The van der Waals surface area contributed by atoms with Gasteiger partial charge in [-0.2, -0.15) is 0 Å². The van der Waals surface area contributed by atoms with Crippen molar-refractivity contribution in [3.8, 4) is 5.75 Å². The van der Waals surface area contributed by atoms with Gasteiger partial charge in [0.15, 0.2) is 0 Å². The zero-order valence-electron chi connectivity index (χ0n) is 28.6. The van der Waals surface area contributed by atoms with Crippen LogP contribution in [0.2, 0.25) is 0 Å². The maximum Gasteiger partial charge on any atom is 0.323 e. The van der Waals surface area contributed by atoms with Crippen LogP contribution in [0.25, 0.3) is 0 Å². The van der Waals surface area contributed by atoms with Crippen LogP contribution in [0.5, 0.6) is 5.75 Å². The lowest BCUT2D eigenvalue weighted by atomic mass is 10.1. The molecule has 3 aromatic carbocycles. The van der Waals surface area contributed by atoms with E-state index >= 15 is 0 Å². The molecule has 51 heavy (non-hydrogen) atoms. The van der Waals surface area contributed by atoms with Crippen molar-refractivity contribution in [2.75, 3.05) is 48.9 Å². The number of carbonyl (C=O) groups excluding carboxylic acids is 3. The van der Waals surface area contributed by atoms with Crippen molar-refractivity contribution in [2.45, 2.75) is 45.5 Å². The molecule has 0 radical (unpaired) electrons. The summed E-state index contributed by atoms with van der Waals surface area (Å²) in [6.07, 6.45) is 5.13. The number of aliphatic hydroxyl groups excluding tert-OH is 1. The topological polar surface area (TPSA) is 180 Å². The summed E-state index contributed by atoms with van der Waals surface area (Å²) in [5.74, 6) is -0.720. The second kappa shape index (κ2) is 21.0. The number of nitrogens with one attached hydrogen (secondary N) is 4. The molecule has 0 bridgehead atoms. The number of nitrogens with zero attached hydrogens (tertiary/aromatic N) is 1. The summed E-state index contributed by atoms with van der Waals surface area (Å²) >= 11 is 0. The molecule has 1 atom stereocenters. The van der Waals surface area contributed by atoms with Crippen molar-refractivity contribution >= 4 is 35.0 Å². The van der Waals surface area contributed by atoms with Gasteiger partial charge in [0.2, 0.25) is 0 Å². The molecule has 0 aliphatic rings. The van der Waals surface area contributed by atoms with E-state index in [0.29, 0.717) is 66.7 Å². The van der Waals surface area contributed by atoms with Gasteiger partial charge in [-0.1, -0.05) is 24.3 Å². The maximum atomic E-state index is 12.6.